The van der Waals surface area contributed by atoms with Crippen LogP contribution in [0.15, 0.2) is 59.5 Å². The Kier molecular flexibility index (Phi) is 8.38. The number of aryl methyl sites for hydroxylation is 3. The zero-order valence-electron chi connectivity index (χ0n) is 25.3. The molecule has 230 valence electrons. The van der Waals surface area contributed by atoms with Gasteiger partial charge in [-0.1, -0.05) is 18.2 Å². The maximum atomic E-state index is 13.0. The molecule has 2 aromatic heterocycles. The highest BCUT2D eigenvalue weighted by Crippen LogP contribution is 2.35. The maximum Gasteiger partial charge on any atom is 0.417 e. The number of hydrogen-bond acceptors (Lipinski definition) is 9. The second-order valence-corrected chi connectivity index (χ2v) is 12.5. The van der Waals surface area contributed by atoms with Crippen molar-refractivity contribution in [2.75, 3.05) is 37.8 Å². The van der Waals surface area contributed by atoms with Crippen molar-refractivity contribution in [1.29, 1.82) is 5.26 Å². The van der Waals surface area contributed by atoms with Gasteiger partial charge in [-0.2, -0.15) is 5.26 Å². The van der Waals surface area contributed by atoms with E-state index in [1.807, 2.05) is 49.3 Å². The lowest BCUT2D eigenvalue weighted by molar-refractivity contribution is -0.139. The van der Waals surface area contributed by atoms with E-state index in [2.05, 4.69) is 21.7 Å². The van der Waals surface area contributed by atoms with Crippen LogP contribution in [0, 0.1) is 11.3 Å². The third kappa shape index (κ3) is 6.31. The summed E-state index contributed by atoms with van der Waals surface area (Å²) in [6.07, 6.45) is 5.17. The van der Waals surface area contributed by atoms with Crippen LogP contribution in [-0.4, -0.2) is 58.5 Å². The number of piperazine rings is 1. The fraction of sp³-hybridized carbons (Fsp3) is 0.303. The van der Waals surface area contributed by atoms with E-state index in [0.717, 1.165) is 37.8 Å². The highest BCUT2D eigenvalue weighted by molar-refractivity contribution is 7.14. The minimum Gasteiger partial charge on any atom is -0.399 e. The molecule has 11 nitrogen and oxygen atoms in total. The first-order chi connectivity index (χ1) is 21.7. The largest absolute Gasteiger partial charge is 0.417 e. The molecule has 1 aliphatic heterocycles. The van der Waals surface area contributed by atoms with Crippen LogP contribution in [0.25, 0.3) is 11.3 Å². The lowest BCUT2D eigenvalue weighted by atomic mass is 10.00. The number of hydrogen-bond donors (Lipinski definition) is 2. The molecule has 1 unspecified atom stereocenters. The molecule has 0 spiro atoms. The van der Waals surface area contributed by atoms with Crippen molar-refractivity contribution in [3.05, 3.63) is 86.6 Å². The van der Waals surface area contributed by atoms with Gasteiger partial charge in [-0.05, 0) is 74.2 Å². The van der Waals surface area contributed by atoms with E-state index in [4.69, 9.17) is 4.74 Å². The van der Waals surface area contributed by atoms with Crippen molar-refractivity contribution < 1.29 is 14.3 Å². The van der Waals surface area contributed by atoms with E-state index in [1.54, 1.807) is 36.3 Å². The number of likely N-dealkylation sites (N-methyl/N-ethyl adjacent to an activating group) is 2. The molecule has 0 saturated carbocycles. The summed E-state index contributed by atoms with van der Waals surface area (Å²) in [5, 5.41) is 16.0. The smallest absolute Gasteiger partial charge is 0.399 e. The molecule has 2 amide bonds. The topological polar surface area (TPSA) is 133 Å². The fourth-order valence-electron chi connectivity index (χ4n) is 5.70. The standard InChI is InChI=1S/C33H33N7O4S/c1-38-14-15-39(2)31(41)29(38)20-10-12-24(13-11-20)35-30-32(42)40(3)19-26(36-30)21-8-9-23(18-34)25(16-21)37-33(43)44-28-17-22-6-4-5-7-27(22)45-28/h8-13,16-17,19,29H,4-7,14-15H2,1-3H3,(H,35,36)(H,37,43). The second-order valence-electron chi connectivity index (χ2n) is 11.4. The van der Waals surface area contributed by atoms with E-state index in [9.17, 15) is 19.6 Å². The van der Waals surface area contributed by atoms with Crippen molar-refractivity contribution in [2.24, 2.45) is 7.05 Å². The minimum absolute atomic E-state index is 0.0440. The average Bonchev–Trinajstić information content (AvgIpc) is 3.44. The van der Waals surface area contributed by atoms with Gasteiger partial charge in [-0.15, -0.1) is 11.3 Å². The van der Waals surface area contributed by atoms with Crippen molar-refractivity contribution in [3.8, 4) is 22.4 Å². The Labute approximate surface area is 264 Å². The van der Waals surface area contributed by atoms with Crippen molar-refractivity contribution >= 4 is 40.5 Å². The van der Waals surface area contributed by atoms with Crippen LogP contribution in [0.3, 0.4) is 0 Å². The maximum absolute atomic E-state index is 13.0. The van der Waals surface area contributed by atoms with E-state index >= 15 is 0 Å². The second kappa shape index (κ2) is 12.6. The summed E-state index contributed by atoms with van der Waals surface area (Å²) in [5.41, 5.74) is 3.99. The van der Waals surface area contributed by atoms with Crippen LogP contribution in [0.2, 0.25) is 0 Å². The Bertz CT molecular complexity index is 1850. The number of fused-ring (bicyclic) bond motifs is 1. The molecule has 1 saturated heterocycles. The number of rotatable bonds is 6. The Morgan fingerprint density at radius 3 is 2.58 bits per heavy atom. The zero-order chi connectivity index (χ0) is 31.7. The minimum atomic E-state index is -0.686. The number of aromatic nitrogens is 2. The summed E-state index contributed by atoms with van der Waals surface area (Å²) in [5.74, 6) is 0.149. The molecule has 2 aromatic carbocycles. The lowest BCUT2D eigenvalue weighted by Crippen LogP contribution is -2.48. The van der Waals surface area contributed by atoms with Crippen LogP contribution >= 0.6 is 11.3 Å². The first-order valence-electron chi connectivity index (χ1n) is 14.7. The lowest BCUT2D eigenvalue weighted by Gasteiger charge is -2.37. The average molecular weight is 624 g/mol. The molecule has 4 aromatic rings. The number of nitrogens with zero attached hydrogens (tertiary/aromatic N) is 5. The van der Waals surface area contributed by atoms with Crippen LogP contribution in [0.4, 0.5) is 22.0 Å². The van der Waals surface area contributed by atoms with E-state index in [1.165, 1.54) is 26.3 Å². The number of ether oxygens (including phenoxy) is 1. The van der Waals surface area contributed by atoms with Crippen molar-refractivity contribution in [2.45, 2.75) is 31.7 Å². The number of nitrogens with one attached hydrogen (secondary N) is 2. The molecule has 45 heavy (non-hydrogen) atoms. The van der Waals surface area contributed by atoms with E-state index in [-0.39, 0.29) is 34.6 Å². The highest BCUT2D eigenvalue weighted by Gasteiger charge is 2.32. The molecule has 1 aliphatic carbocycles. The number of anilines is 3. The predicted molar refractivity (Wildman–Crippen MR) is 173 cm³/mol. The van der Waals surface area contributed by atoms with Gasteiger partial charge in [0.2, 0.25) is 5.91 Å². The molecule has 1 fully saturated rings. The number of benzene rings is 2. The molecule has 0 radical (unpaired) electrons. The fourth-order valence-corrected chi connectivity index (χ4v) is 6.80. The van der Waals surface area contributed by atoms with E-state index < -0.39 is 6.09 Å². The number of nitriles is 1. The molecule has 6 rings (SSSR count). The van der Waals surface area contributed by atoms with Gasteiger partial charge >= 0.3 is 6.09 Å². The summed E-state index contributed by atoms with van der Waals surface area (Å²) in [6, 6.07) is 16.0. The third-order valence-corrected chi connectivity index (χ3v) is 9.35. The van der Waals surface area contributed by atoms with Gasteiger partial charge in [0.25, 0.3) is 5.56 Å². The van der Waals surface area contributed by atoms with Crippen LogP contribution < -0.4 is 20.9 Å². The molecule has 2 N–H and O–H groups in total. The number of amides is 2. The summed E-state index contributed by atoms with van der Waals surface area (Å²) in [7, 11) is 5.37. The van der Waals surface area contributed by atoms with Crippen LogP contribution in [0.1, 0.15) is 40.5 Å². The predicted octanol–water partition coefficient (Wildman–Crippen LogP) is 5.06. The van der Waals surface area contributed by atoms with Gasteiger partial charge in [0.1, 0.15) is 12.1 Å². The van der Waals surface area contributed by atoms with Gasteiger partial charge < -0.3 is 19.5 Å². The Balaban J connectivity index is 1.21. The van der Waals surface area contributed by atoms with Gasteiger partial charge in [-0.25, -0.2) is 9.78 Å². The third-order valence-electron chi connectivity index (χ3n) is 8.24. The Hall–Kier alpha value is -4.99. The first kappa shape index (κ1) is 30.1. The normalized spacial score (nSPS) is 16.5. The summed E-state index contributed by atoms with van der Waals surface area (Å²) in [4.78, 5) is 48.2. The molecule has 2 aliphatic rings. The molecular formula is C33H33N7O4S. The number of carbonyl (C=O) groups is 2. The van der Waals surface area contributed by atoms with Crippen LogP contribution in [-0.2, 0) is 24.7 Å². The summed E-state index contributed by atoms with van der Waals surface area (Å²) < 4.78 is 6.98. The van der Waals surface area contributed by atoms with Gasteiger partial charge in [0.05, 0.1) is 16.9 Å². The number of carbonyl (C=O) groups excluding carboxylic acids is 2. The van der Waals surface area contributed by atoms with Crippen molar-refractivity contribution in [1.82, 2.24) is 19.4 Å². The summed E-state index contributed by atoms with van der Waals surface area (Å²) >= 11 is 1.48. The molecule has 3 heterocycles. The summed E-state index contributed by atoms with van der Waals surface area (Å²) in [6.45, 7) is 1.47. The van der Waals surface area contributed by atoms with Gasteiger partial charge in [-0.3, -0.25) is 19.8 Å². The van der Waals surface area contributed by atoms with Crippen LogP contribution in [0.5, 0.6) is 5.06 Å². The van der Waals surface area contributed by atoms with E-state index in [0.29, 0.717) is 28.6 Å². The quantitative estimate of drug-likeness (QED) is 0.305. The molecule has 12 heteroatoms. The Morgan fingerprint density at radius 2 is 1.82 bits per heavy atom. The number of thiophene rings is 1. The van der Waals surface area contributed by atoms with Gasteiger partial charge in [0, 0.05) is 49.5 Å². The Morgan fingerprint density at radius 1 is 1.04 bits per heavy atom. The highest BCUT2D eigenvalue weighted by atomic mass is 32.1. The monoisotopic (exact) mass is 623 g/mol. The molecule has 1 atom stereocenters. The molecular weight excluding hydrogens is 590 g/mol. The van der Waals surface area contributed by atoms with Gasteiger partial charge in [0.15, 0.2) is 10.9 Å². The SMILES string of the molecule is CN1CCN(C)C(c2ccc(Nc3nc(-c4ccc(C#N)c(NC(=O)Oc5cc6c(s5)CCCC6)c4)cn(C)c3=O)cc2)C1=O. The molecule has 0 bridgehead atoms. The first-order valence-corrected chi connectivity index (χ1v) is 15.6. The zero-order valence-corrected chi connectivity index (χ0v) is 26.1. The van der Waals surface area contributed by atoms with Crippen molar-refractivity contribution in [3.63, 3.8) is 0 Å².